The van der Waals surface area contributed by atoms with Gasteiger partial charge in [0.15, 0.2) is 6.54 Å². The fraction of sp³-hybridized carbons (Fsp3) is 0.312. The lowest BCUT2D eigenvalue weighted by atomic mass is 10.1. The normalized spacial score (nSPS) is 13.8. The summed E-state index contributed by atoms with van der Waals surface area (Å²) in [6.07, 6.45) is 0.326. The van der Waals surface area contributed by atoms with E-state index in [1.165, 1.54) is 11.6 Å². The molecule has 0 N–H and O–H groups in total. The summed E-state index contributed by atoms with van der Waals surface area (Å²) in [5, 5.41) is 2.55. The van der Waals surface area contributed by atoms with Crippen molar-refractivity contribution in [3.63, 3.8) is 0 Å². The predicted molar refractivity (Wildman–Crippen MR) is 88.0 cm³/mol. The topological polar surface area (TPSA) is 61.1 Å². The van der Waals surface area contributed by atoms with Crippen LogP contribution in [0.15, 0.2) is 36.4 Å². The molecule has 1 aromatic heterocycles. The lowest BCUT2D eigenvalue weighted by Crippen LogP contribution is -2.37. The van der Waals surface area contributed by atoms with Crippen LogP contribution < -0.4 is 4.57 Å². The molecule has 0 spiro atoms. The molecule has 22 heavy (non-hydrogen) atoms. The van der Waals surface area contributed by atoms with E-state index in [2.05, 4.69) is 28.8 Å². The summed E-state index contributed by atoms with van der Waals surface area (Å²) in [5.74, 6) is 0. The van der Waals surface area contributed by atoms with Gasteiger partial charge < -0.3 is 4.55 Å². The molecule has 2 aromatic carbocycles. The molecule has 0 saturated carbocycles. The molecular formula is C16H17NO3S2. The smallest absolute Gasteiger partial charge is 0.235 e. The van der Waals surface area contributed by atoms with Gasteiger partial charge in [-0.05, 0) is 24.4 Å². The van der Waals surface area contributed by atoms with E-state index in [0.29, 0.717) is 13.0 Å². The number of benzene rings is 2. The molecule has 1 heterocycles. The van der Waals surface area contributed by atoms with Crippen molar-refractivity contribution < 1.29 is 17.5 Å². The number of hydrogen-bond acceptors (Lipinski definition) is 4. The Morgan fingerprint density at radius 3 is 2.68 bits per heavy atom. The van der Waals surface area contributed by atoms with Gasteiger partial charge in [-0.15, -0.1) is 0 Å². The van der Waals surface area contributed by atoms with Crippen molar-refractivity contribution in [3.05, 3.63) is 41.4 Å². The first-order valence-electron chi connectivity index (χ1n) is 7.13. The summed E-state index contributed by atoms with van der Waals surface area (Å²) in [6.45, 7) is 4.03. The van der Waals surface area contributed by atoms with Crippen molar-refractivity contribution in [3.8, 4) is 0 Å². The summed E-state index contributed by atoms with van der Waals surface area (Å²) in [5.41, 5.74) is 1.12. The van der Waals surface area contributed by atoms with Gasteiger partial charge >= 0.3 is 0 Å². The van der Waals surface area contributed by atoms with Gasteiger partial charge in [0.25, 0.3) is 0 Å². The number of aryl methyl sites for hydroxylation is 2. The van der Waals surface area contributed by atoms with Gasteiger partial charge in [-0.3, -0.25) is 0 Å². The summed E-state index contributed by atoms with van der Waals surface area (Å²) >= 11 is 1.69. The molecule has 0 aliphatic heterocycles. The maximum absolute atomic E-state index is 11.1. The van der Waals surface area contributed by atoms with Crippen LogP contribution in [0.4, 0.5) is 0 Å². The van der Waals surface area contributed by atoms with Crippen molar-refractivity contribution in [2.24, 2.45) is 0 Å². The zero-order valence-electron chi connectivity index (χ0n) is 12.4. The zero-order valence-corrected chi connectivity index (χ0v) is 14.1. The lowest BCUT2D eigenvalue weighted by Gasteiger charge is -2.13. The zero-order chi connectivity index (χ0) is 15.9. The Morgan fingerprint density at radius 1 is 1.23 bits per heavy atom. The molecule has 0 saturated heterocycles. The molecular weight excluding hydrogens is 318 g/mol. The second kappa shape index (κ2) is 5.61. The maximum atomic E-state index is 11.1. The van der Waals surface area contributed by atoms with E-state index in [1.54, 1.807) is 11.3 Å². The third-order valence-corrected chi connectivity index (χ3v) is 6.31. The minimum absolute atomic E-state index is 0.326. The van der Waals surface area contributed by atoms with Crippen LogP contribution in [0.5, 0.6) is 0 Å². The quantitative estimate of drug-likeness (QED) is 0.544. The molecule has 6 heteroatoms. The SMILES string of the molecule is Cc1sc2ccc3ccccc3c2[n+]1CC[C@@H](C)S(=O)(=O)[O-]. The van der Waals surface area contributed by atoms with E-state index in [1.807, 2.05) is 19.1 Å². The van der Waals surface area contributed by atoms with E-state index < -0.39 is 15.4 Å². The van der Waals surface area contributed by atoms with Gasteiger partial charge in [-0.1, -0.05) is 35.6 Å². The standard InChI is InChI=1S/C16H17NO3S2/c1-11(22(18,19)20)9-10-17-12(2)21-15-8-7-13-5-3-4-6-14(13)16(15)17/h3-8,11H,9-10H2,1-2H3/t11-/m1/s1. The van der Waals surface area contributed by atoms with E-state index in [-0.39, 0.29) is 0 Å². The summed E-state index contributed by atoms with van der Waals surface area (Å²) in [6, 6.07) is 12.3. The minimum Gasteiger partial charge on any atom is -0.748 e. The van der Waals surface area contributed by atoms with Crippen LogP contribution in [0.3, 0.4) is 0 Å². The molecule has 0 radical (unpaired) electrons. The van der Waals surface area contributed by atoms with Gasteiger partial charge in [-0.2, -0.15) is 4.57 Å². The van der Waals surface area contributed by atoms with Crippen molar-refractivity contribution in [2.45, 2.75) is 32.1 Å². The third kappa shape index (κ3) is 2.74. The van der Waals surface area contributed by atoms with Crippen molar-refractivity contribution in [1.82, 2.24) is 0 Å². The molecule has 3 rings (SSSR count). The number of thiazole rings is 1. The van der Waals surface area contributed by atoms with Crippen LogP contribution in [0.2, 0.25) is 0 Å². The molecule has 0 bridgehead atoms. The van der Waals surface area contributed by atoms with Crippen LogP contribution in [0.25, 0.3) is 21.0 Å². The van der Waals surface area contributed by atoms with Crippen LogP contribution in [-0.4, -0.2) is 18.2 Å². The highest BCUT2D eigenvalue weighted by Gasteiger charge is 2.21. The van der Waals surface area contributed by atoms with Crippen LogP contribution >= 0.6 is 11.3 Å². The molecule has 0 aliphatic carbocycles. The Bertz CT molecular complexity index is 945. The van der Waals surface area contributed by atoms with Crippen molar-refractivity contribution in [2.75, 3.05) is 0 Å². The van der Waals surface area contributed by atoms with Gasteiger partial charge in [0, 0.05) is 13.3 Å². The fourth-order valence-electron chi connectivity index (χ4n) is 2.69. The van der Waals surface area contributed by atoms with E-state index in [4.69, 9.17) is 0 Å². The monoisotopic (exact) mass is 335 g/mol. The molecule has 0 unspecified atom stereocenters. The highest BCUT2D eigenvalue weighted by molar-refractivity contribution is 7.86. The maximum Gasteiger partial charge on any atom is 0.235 e. The predicted octanol–water partition coefficient (Wildman–Crippen LogP) is 2.97. The lowest BCUT2D eigenvalue weighted by molar-refractivity contribution is -0.672. The van der Waals surface area contributed by atoms with E-state index in [0.717, 1.165) is 21.3 Å². The molecule has 116 valence electrons. The molecule has 0 aliphatic rings. The van der Waals surface area contributed by atoms with Crippen LogP contribution in [0, 0.1) is 6.92 Å². The van der Waals surface area contributed by atoms with Gasteiger partial charge in [0.05, 0.1) is 20.8 Å². The number of fused-ring (bicyclic) bond motifs is 3. The largest absolute Gasteiger partial charge is 0.748 e. The first-order valence-corrected chi connectivity index (χ1v) is 9.42. The summed E-state index contributed by atoms with van der Waals surface area (Å²) in [4.78, 5) is 0. The van der Waals surface area contributed by atoms with Crippen molar-refractivity contribution in [1.29, 1.82) is 0 Å². The Morgan fingerprint density at radius 2 is 1.95 bits per heavy atom. The van der Waals surface area contributed by atoms with Gasteiger partial charge in [0.1, 0.15) is 4.70 Å². The highest BCUT2D eigenvalue weighted by atomic mass is 32.2. The summed E-state index contributed by atoms with van der Waals surface area (Å²) < 4.78 is 36.6. The van der Waals surface area contributed by atoms with Crippen molar-refractivity contribution >= 4 is 42.4 Å². The average Bonchev–Trinajstić information content (AvgIpc) is 2.79. The molecule has 3 aromatic rings. The number of aromatic nitrogens is 1. The molecule has 4 nitrogen and oxygen atoms in total. The van der Waals surface area contributed by atoms with E-state index >= 15 is 0 Å². The number of hydrogen-bond donors (Lipinski definition) is 0. The Hall–Kier alpha value is -1.50. The Balaban J connectivity index is 2.09. The average molecular weight is 335 g/mol. The van der Waals surface area contributed by atoms with Crippen LogP contribution in [0.1, 0.15) is 18.4 Å². The van der Waals surface area contributed by atoms with E-state index in [9.17, 15) is 13.0 Å². The second-order valence-electron chi connectivity index (χ2n) is 5.50. The second-order valence-corrected chi connectivity index (χ2v) is 8.52. The number of rotatable bonds is 4. The first-order chi connectivity index (χ1) is 10.4. The third-order valence-electron chi connectivity index (χ3n) is 4.02. The Labute approximate surface area is 133 Å². The molecule has 0 fully saturated rings. The highest BCUT2D eigenvalue weighted by Crippen LogP contribution is 2.28. The minimum atomic E-state index is -4.22. The molecule has 0 amide bonds. The number of nitrogens with zero attached hydrogens (tertiary/aromatic N) is 1. The fourth-order valence-corrected chi connectivity index (χ4v) is 4.15. The van der Waals surface area contributed by atoms with Gasteiger partial charge in [-0.25, -0.2) is 8.42 Å². The Kier molecular flexibility index (Phi) is 3.92. The van der Waals surface area contributed by atoms with Crippen LogP contribution in [-0.2, 0) is 16.7 Å². The van der Waals surface area contributed by atoms with Gasteiger partial charge in [0.2, 0.25) is 10.5 Å². The first kappa shape index (κ1) is 15.4. The molecule has 1 atom stereocenters. The summed E-state index contributed by atoms with van der Waals surface area (Å²) in [7, 11) is -4.22.